The molecule has 2 N–H and O–H groups in total. The van der Waals surface area contributed by atoms with Gasteiger partial charge in [-0.1, -0.05) is 29.8 Å². The second-order valence-corrected chi connectivity index (χ2v) is 6.47. The number of aryl methyl sites for hydroxylation is 2. The van der Waals surface area contributed by atoms with E-state index < -0.39 is 5.97 Å². The summed E-state index contributed by atoms with van der Waals surface area (Å²) in [6.45, 7) is 6.33. The molecule has 0 radical (unpaired) electrons. The zero-order chi connectivity index (χ0) is 19.6. The van der Waals surface area contributed by atoms with Crippen molar-refractivity contribution in [2.75, 3.05) is 5.32 Å². The minimum absolute atomic E-state index is 0.0427. The summed E-state index contributed by atoms with van der Waals surface area (Å²) in [5, 5.41) is 20.2. The van der Waals surface area contributed by atoms with Gasteiger partial charge in [0, 0.05) is 6.20 Å². The molecule has 1 aromatic carbocycles. The Morgan fingerprint density at radius 1 is 1.22 bits per heavy atom. The third kappa shape index (κ3) is 4.22. The maximum Gasteiger partial charge on any atom is 0.338 e. The predicted octanol–water partition coefficient (Wildman–Crippen LogP) is 2.39. The van der Waals surface area contributed by atoms with Crippen LogP contribution in [0.3, 0.4) is 0 Å². The van der Waals surface area contributed by atoms with Crippen molar-refractivity contribution in [3.8, 4) is 0 Å². The number of aromatic nitrogens is 4. The number of nitrogens with one attached hydrogen (secondary N) is 1. The van der Waals surface area contributed by atoms with E-state index in [1.54, 1.807) is 0 Å². The Hall–Kier alpha value is -3.42. The zero-order valence-electron chi connectivity index (χ0n) is 15.4. The number of carboxylic acids is 1. The lowest BCUT2D eigenvalue weighted by Crippen LogP contribution is -2.20. The summed E-state index contributed by atoms with van der Waals surface area (Å²) in [5.74, 6) is -1.37. The second-order valence-electron chi connectivity index (χ2n) is 6.47. The Balaban J connectivity index is 1.72. The third-order valence-corrected chi connectivity index (χ3v) is 4.25. The van der Waals surface area contributed by atoms with Crippen LogP contribution >= 0.6 is 0 Å². The highest BCUT2D eigenvalue weighted by molar-refractivity contribution is 5.92. The molecule has 0 spiro atoms. The van der Waals surface area contributed by atoms with Gasteiger partial charge in [0.1, 0.15) is 6.54 Å². The van der Waals surface area contributed by atoms with Gasteiger partial charge in [-0.05, 0) is 26.3 Å². The molecule has 140 valence electrons. The van der Waals surface area contributed by atoms with Gasteiger partial charge in [-0.2, -0.15) is 10.2 Å². The van der Waals surface area contributed by atoms with Crippen LogP contribution in [0.25, 0.3) is 0 Å². The van der Waals surface area contributed by atoms with Gasteiger partial charge in [0.2, 0.25) is 5.91 Å². The van der Waals surface area contributed by atoms with Gasteiger partial charge in [0.25, 0.3) is 0 Å². The Labute approximate surface area is 156 Å². The van der Waals surface area contributed by atoms with Crippen LogP contribution in [-0.2, 0) is 17.9 Å². The minimum Gasteiger partial charge on any atom is -0.478 e. The fourth-order valence-corrected chi connectivity index (χ4v) is 2.90. The average molecular weight is 367 g/mol. The quantitative estimate of drug-likeness (QED) is 0.696. The number of hydrogen-bond donors (Lipinski definition) is 2. The predicted molar refractivity (Wildman–Crippen MR) is 99.8 cm³/mol. The van der Waals surface area contributed by atoms with Crippen molar-refractivity contribution in [1.82, 2.24) is 19.6 Å². The summed E-state index contributed by atoms with van der Waals surface area (Å²) >= 11 is 0. The maximum atomic E-state index is 12.3. The molecule has 8 nitrogen and oxygen atoms in total. The molecular weight excluding hydrogens is 346 g/mol. The lowest BCUT2D eigenvalue weighted by Gasteiger charge is -2.08. The number of carbonyl (C=O) groups is 2. The molecule has 0 unspecified atom stereocenters. The monoisotopic (exact) mass is 367 g/mol. The van der Waals surface area contributed by atoms with Gasteiger partial charge in [-0.25, -0.2) is 4.79 Å². The highest BCUT2D eigenvalue weighted by Crippen LogP contribution is 2.20. The number of carbonyl (C=O) groups excluding carboxylic acids is 1. The van der Waals surface area contributed by atoms with Crippen LogP contribution in [0.15, 0.2) is 36.7 Å². The SMILES string of the molecule is Cc1cccc(Cn2nc(C)c(NC(=O)Cn3cc(C(=O)O)cn3)c2C)c1. The fourth-order valence-electron chi connectivity index (χ4n) is 2.90. The summed E-state index contributed by atoms with van der Waals surface area (Å²) in [7, 11) is 0. The summed E-state index contributed by atoms with van der Waals surface area (Å²) in [4.78, 5) is 23.2. The fraction of sp³-hybridized carbons (Fsp3) is 0.263. The number of carboxylic acid groups (broad SMARTS) is 1. The summed E-state index contributed by atoms with van der Waals surface area (Å²) in [6, 6.07) is 8.20. The highest BCUT2D eigenvalue weighted by atomic mass is 16.4. The lowest BCUT2D eigenvalue weighted by atomic mass is 10.1. The van der Waals surface area contributed by atoms with Crippen molar-refractivity contribution < 1.29 is 14.7 Å². The molecule has 0 saturated carbocycles. The molecule has 0 aliphatic carbocycles. The number of nitrogens with zero attached hydrogens (tertiary/aromatic N) is 4. The Bertz CT molecular complexity index is 1000. The van der Waals surface area contributed by atoms with E-state index in [9.17, 15) is 9.59 Å². The van der Waals surface area contributed by atoms with Crippen molar-refractivity contribution >= 4 is 17.6 Å². The second kappa shape index (κ2) is 7.45. The van der Waals surface area contributed by atoms with Crippen LogP contribution in [0, 0.1) is 20.8 Å². The Morgan fingerprint density at radius 2 is 2.00 bits per heavy atom. The van der Waals surface area contributed by atoms with Gasteiger partial charge >= 0.3 is 5.97 Å². The van der Waals surface area contributed by atoms with E-state index in [4.69, 9.17) is 5.11 Å². The van der Waals surface area contributed by atoms with Gasteiger partial charge in [-0.15, -0.1) is 0 Å². The number of amides is 1. The molecule has 1 amide bonds. The molecule has 27 heavy (non-hydrogen) atoms. The molecule has 0 fully saturated rings. The third-order valence-electron chi connectivity index (χ3n) is 4.25. The minimum atomic E-state index is -1.08. The lowest BCUT2D eigenvalue weighted by molar-refractivity contribution is -0.116. The molecular formula is C19H21N5O3. The van der Waals surface area contributed by atoms with E-state index in [1.165, 1.54) is 22.6 Å². The first-order valence-corrected chi connectivity index (χ1v) is 8.48. The standard InChI is InChI=1S/C19H21N5O3/c1-12-5-4-6-15(7-12)9-24-14(3)18(13(2)22-24)21-17(25)11-23-10-16(8-20-23)19(26)27/h4-8,10H,9,11H2,1-3H3,(H,21,25)(H,26,27). The van der Waals surface area contributed by atoms with Crippen molar-refractivity contribution in [3.63, 3.8) is 0 Å². The van der Waals surface area contributed by atoms with Crippen LogP contribution in [0.5, 0.6) is 0 Å². The molecule has 2 heterocycles. The molecule has 8 heteroatoms. The van der Waals surface area contributed by atoms with E-state index in [2.05, 4.69) is 21.6 Å². The van der Waals surface area contributed by atoms with Gasteiger partial charge in [0.15, 0.2) is 0 Å². The Kier molecular flexibility index (Phi) is 5.07. The van der Waals surface area contributed by atoms with Crippen molar-refractivity contribution in [2.45, 2.75) is 33.9 Å². The Morgan fingerprint density at radius 3 is 2.67 bits per heavy atom. The molecule has 3 aromatic rings. The van der Waals surface area contributed by atoms with Crippen LogP contribution in [-0.4, -0.2) is 36.5 Å². The molecule has 0 atom stereocenters. The van der Waals surface area contributed by atoms with E-state index in [0.717, 1.165) is 17.0 Å². The number of anilines is 1. The number of rotatable bonds is 6. The van der Waals surface area contributed by atoms with Gasteiger partial charge < -0.3 is 10.4 Å². The smallest absolute Gasteiger partial charge is 0.338 e. The molecule has 0 aliphatic rings. The summed E-state index contributed by atoms with van der Waals surface area (Å²) in [6.07, 6.45) is 2.54. The van der Waals surface area contributed by atoms with Crippen LogP contribution in [0.4, 0.5) is 5.69 Å². The van der Waals surface area contributed by atoms with Crippen LogP contribution < -0.4 is 5.32 Å². The first kappa shape index (κ1) is 18.4. The van der Waals surface area contributed by atoms with Gasteiger partial charge in [-0.3, -0.25) is 14.2 Å². The maximum absolute atomic E-state index is 12.3. The summed E-state index contributed by atoms with van der Waals surface area (Å²) < 4.78 is 3.15. The van der Waals surface area contributed by atoms with Crippen LogP contribution in [0.1, 0.15) is 32.9 Å². The van der Waals surface area contributed by atoms with E-state index in [-0.39, 0.29) is 18.0 Å². The van der Waals surface area contributed by atoms with E-state index in [1.807, 2.05) is 43.7 Å². The number of aromatic carboxylic acids is 1. The van der Waals surface area contributed by atoms with Crippen molar-refractivity contribution in [2.24, 2.45) is 0 Å². The van der Waals surface area contributed by atoms with E-state index in [0.29, 0.717) is 12.2 Å². The van der Waals surface area contributed by atoms with Crippen LogP contribution in [0.2, 0.25) is 0 Å². The van der Waals surface area contributed by atoms with Crippen molar-refractivity contribution in [3.05, 3.63) is 64.7 Å². The van der Waals surface area contributed by atoms with Crippen molar-refractivity contribution in [1.29, 1.82) is 0 Å². The molecule has 0 saturated heterocycles. The molecule has 2 aromatic heterocycles. The first-order valence-electron chi connectivity index (χ1n) is 8.48. The largest absolute Gasteiger partial charge is 0.478 e. The van der Waals surface area contributed by atoms with E-state index >= 15 is 0 Å². The zero-order valence-corrected chi connectivity index (χ0v) is 15.4. The molecule has 0 aliphatic heterocycles. The van der Waals surface area contributed by atoms with Gasteiger partial charge in [0.05, 0.1) is 35.4 Å². The highest BCUT2D eigenvalue weighted by Gasteiger charge is 2.15. The number of hydrogen-bond acceptors (Lipinski definition) is 4. The normalized spacial score (nSPS) is 10.8. The summed E-state index contributed by atoms with van der Waals surface area (Å²) in [5.41, 5.74) is 4.60. The molecule has 3 rings (SSSR count). The topological polar surface area (TPSA) is 102 Å². The number of benzene rings is 1. The average Bonchev–Trinajstić information content (AvgIpc) is 3.16. The first-order chi connectivity index (χ1) is 12.8. The molecule has 0 bridgehead atoms.